The highest BCUT2D eigenvalue weighted by Crippen LogP contribution is 2.63. The Morgan fingerprint density at radius 1 is 0.759 bits per heavy atom. The summed E-state index contributed by atoms with van der Waals surface area (Å²) in [6, 6.07) is 15.7. The Balaban J connectivity index is 1.22. The lowest BCUT2D eigenvalue weighted by Gasteiger charge is -2.49. The van der Waals surface area contributed by atoms with Crippen LogP contribution in [0.1, 0.15) is 29.5 Å². The Labute approximate surface area is 322 Å². The van der Waals surface area contributed by atoms with Crippen molar-refractivity contribution in [2.75, 3.05) is 40.4 Å². The van der Waals surface area contributed by atoms with Gasteiger partial charge in [-0.05, 0) is 72.4 Å². The number of imide groups is 2. The van der Waals surface area contributed by atoms with E-state index in [4.69, 9.17) is 42.1 Å². The van der Waals surface area contributed by atoms with Crippen LogP contribution < -0.4 is 23.8 Å². The van der Waals surface area contributed by atoms with Crippen molar-refractivity contribution in [3.63, 3.8) is 0 Å². The van der Waals surface area contributed by atoms with Crippen molar-refractivity contribution in [3.05, 3.63) is 89.0 Å². The number of methoxy groups -OCH3 is 4. The van der Waals surface area contributed by atoms with Gasteiger partial charge in [0.05, 0.1) is 46.0 Å². The van der Waals surface area contributed by atoms with Crippen LogP contribution in [0.15, 0.2) is 72.3 Å². The van der Waals surface area contributed by atoms with Crippen LogP contribution in [0, 0.1) is 23.7 Å². The van der Waals surface area contributed by atoms with Gasteiger partial charge in [0.1, 0.15) is 11.5 Å². The van der Waals surface area contributed by atoms with E-state index < -0.39 is 51.1 Å². The number of ether oxygens (including phenoxy) is 4. The predicted molar refractivity (Wildman–Crippen MR) is 204 cm³/mol. The third kappa shape index (κ3) is 5.55. The van der Waals surface area contributed by atoms with E-state index in [2.05, 4.69) is 0 Å². The molecule has 2 aliphatic carbocycles. The number of likely N-dealkylation sites (tertiary alicyclic amines) is 1. The Bertz CT molecular complexity index is 2140. The average molecular weight is 774 g/mol. The smallest absolute Gasteiger partial charge is 0.253 e. The highest BCUT2D eigenvalue weighted by Gasteiger charge is 2.75. The zero-order valence-corrected chi connectivity index (χ0v) is 31.7. The molecular formula is C41H38Cl2N2O9. The van der Waals surface area contributed by atoms with Crippen molar-refractivity contribution in [2.24, 2.45) is 23.7 Å². The molecule has 2 saturated heterocycles. The Kier molecular flexibility index (Phi) is 9.52. The number of anilines is 1. The molecule has 0 unspecified atom stereocenters. The molecule has 6 atom stereocenters. The lowest BCUT2D eigenvalue weighted by Crippen LogP contribution is -2.60. The monoisotopic (exact) mass is 772 g/mol. The summed E-state index contributed by atoms with van der Waals surface area (Å²) in [6.07, 6.45) is 9.12. The zero-order valence-electron chi connectivity index (χ0n) is 30.2. The van der Waals surface area contributed by atoms with Gasteiger partial charge in [0.25, 0.3) is 11.8 Å². The molecule has 4 amide bonds. The number of aromatic hydroxyl groups is 1. The Morgan fingerprint density at radius 3 is 2.06 bits per heavy atom. The van der Waals surface area contributed by atoms with Crippen molar-refractivity contribution < 1.29 is 43.2 Å². The summed E-state index contributed by atoms with van der Waals surface area (Å²) in [7, 11) is 7.33. The molecule has 3 aromatic rings. The fourth-order valence-corrected chi connectivity index (χ4v) is 9.33. The minimum Gasteiger partial charge on any atom is -0.502 e. The van der Waals surface area contributed by atoms with E-state index >= 15 is 0 Å². The molecule has 0 spiro atoms. The molecule has 1 N–H and O–H groups in total. The first kappa shape index (κ1) is 37.1. The highest BCUT2D eigenvalue weighted by molar-refractivity contribution is 6.53. The number of phenolic OH excluding ortho intramolecular Hbond substituents is 1. The summed E-state index contributed by atoms with van der Waals surface area (Å²) in [5.41, 5.74) is 3.25. The molecule has 2 aliphatic heterocycles. The van der Waals surface area contributed by atoms with Gasteiger partial charge < -0.3 is 24.1 Å². The van der Waals surface area contributed by atoms with Gasteiger partial charge in [0.2, 0.25) is 17.6 Å². The van der Waals surface area contributed by atoms with Crippen LogP contribution in [0.3, 0.4) is 0 Å². The van der Waals surface area contributed by atoms with E-state index in [0.29, 0.717) is 28.3 Å². The Hall–Kier alpha value is -5.26. The maximum absolute atomic E-state index is 14.4. The van der Waals surface area contributed by atoms with Crippen molar-refractivity contribution in [1.82, 2.24) is 4.90 Å². The van der Waals surface area contributed by atoms with Crippen LogP contribution in [-0.2, 0) is 19.2 Å². The zero-order chi connectivity index (χ0) is 38.7. The highest BCUT2D eigenvalue weighted by atomic mass is 35.5. The van der Waals surface area contributed by atoms with Crippen LogP contribution in [-0.4, -0.2) is 78.9 Å². The van der Waals surface area contributed by atoms with E-state index in [-0.39, 0.29) is 36.0 Å². The molecule has 2 heterocycles. The van der Waals surface area contributed by atoms with E-state index in [1.54, 1.807) is 50.6 Å². The van der Waals surface area contributed by atoms with Gasteiger partial charge in [0, 0.05) is 18.5 Å². The molecule has 3 fully saturated rings. The largest absolute Gasteiger partial charge is 0.502 e. The predicted octanol–water partition coefficient (Wildman–Crippen LogP) is 6.34. The van der Waals surface area contributed by atoms with Crippen molar-refractivity contribution in [3.8, 4) is 28.7 Å². The second-order valence-corrected chi connectivity index (χ2v) is 15.0. The second kappa shape index (κ2) is 13.9. The van der Waals surface area contributed by atoms with Crippen LogP contribution in [0.4, 0.5) is 5.69 Å². The van der Waals surface area contributed by atoms with Gasteiger partial charge in [-0.25, -0.2) is 0 Å². The topological polar surface area (TPSA) is 132 Å². The lowest BCUT2D eigenvalue weighted by atomic mass is 9.57. The van der Waals surface area contributed by atoms with Crippen molar-refractivity contribution in [2.45, 2.75) is 22.6 Å². The number of nitrogens with zero attached hydrogens (tertiary/aromatic N) is 2. The van der Waals surface area contributed by atoms with Gasteiger partial charge in [-0.2, -0.15) is 0 Å². The molecule has 4 aliphatic rings. The number of alkyl halides is 2. The summed E-state index contributed by atoms with van der Waals surface area (Å²) < 4.78 is 21.4. The summed E-state index contributed by atoms with van der Waals surface area (Å²) in [6.45, 7) is 0. The molecule has 11 nitrogen and oxygen atoms in total. The maximum Gasteiger partial charge on any atom is 0.253 e. The first-order valence-electron chi connectivity index (χ1n) is 17.2. The third-order valence-corrected chi connectivity index (χ3v) is 12.5. The number of fused-ring (bicyclic) bond motifs is 4. The molecule has 0 aromatic heterocycles. The minimum absolute atomic E-state index is 0.116. The normalized spacial score (nSPS) is 27.6. The van der Waals surface area contributed by atoms with Gasteiger partial charge in [-0.15, -0.1) is 23.2 Å². The Morgan fingerprint density at radius 2 is 1.43 bits per heavy atom. The van der Waals surface area contributed by atoms with E-state index in [1.165, 1.54) is 26.2 Å². The van der Waals surface area contributed by atoms with E-state index in [9.17, 15) is 24.3 Å². The molecule has 1 saturated carbocycles. The molecule has 0 bridgehead atoms. The number of hydrogen-bond donors (Lipinski definition) is 1. The van der Waals surface area contributed by atoms with Crippen LogP contribution in [0.5, 0.6) is 28.7 Å². The summed E-state index contributed by atoms with van der Waals surface area (Å²) in [5.74, 6) is -3.74. The van der Waals surface area contributed by atoms with Gasteiger partial charge in [-0.1, -0.05) is 48.1 Å². The quantitative estimate of drug-likeness (QED) is 0.115. The molecule has 54 heavy (non-hydrogen) atoms. The SMILES string of the molecule is COc1ccc(OC)c(C=Cc2ccc(N3C(=O)[C@H]4[C@H](CC=C5[C@H]4C[C@@]4(Cl)C(=O)N(C)C(=O)[C@@]4(Cl)[C@H]5C=Cc4cc(OC)c(O)c(OC)c4)C3=O)cc2)c1. The average Bonchev–Trinajstić information content (AvgIpc) is 3.51. The molecule has 0 radical (unpaired) electrons. The molecular weight excluding hydrogens is 735 g/mol. The number of rotatable bonds is 9. The number of allylic oxidation sites excluding steroid dienone is 3. The number of carbonyl (C=O) groups is 4. The molecule has 280 valence electrons. The standard InChI is InChI=1S/C41H38Cl2N2O9/c1-44-38(49)40(42)21-29-27(30(41(40,43)39(44)50)16-9-23-18-32(53-4)35(46)33(19-23)54-5)14-15-28-34(29)37(48)45(36(28)47)25-11-7-22(8-12-25)6-10-24-20-26(51-2)13-17-31(24)52-3/h6-14,16-20,28-30,34,46H,15,21H2,1-5H3/t28-,29+,30-,34-,40+,41-/m0/s1. The fraction of sp³-hybridized carbons (Fsp3) is 0.317. The summed E-state index contributed by atoms with van der Waals surface area (Å²) in [4.78, 5) is 54.3. The molecule has 3 aromatic carbocycles. The van der Waals surface area contributed by atoms with Gasteiger partial charge in [-0.3, -0.25) is 29.0 Å². The lowest BCUT2D eigenvalue weighted by molar-refractivity contribution is -0.138. The van der Waals surface area contributed by atoms with Crippen LogP contribution in [0.2, 0.25) is 0 Å². The first-order valence-corrected chi connectivity index (χ1v) is 18.0. The number of carbonyl (C=O) groups excluding carboxylic acids is 4. The molecule has 7 rings (SSSR count). The van der Waals surface area contributed by atoms with Crippen molar-refractivity contribution >= 4 is 70.7 Å². The summed E-state index contributed by atoms with van der Waals surface area (Å²) in [5, 5.41) is 10.4. The summed E-state index contributed by atoms with van der Waals surface area (Å²) >= 11 is 14.5. The number of hydrogen-bond acceptors (Lipinski definition) is 9. The number of halogens is 2. The number of benzene rings is 3. The number of phenols is 1. The van der Waals surface area contributed by atoms with Crippen LogP contribution in [0.25, 0.3) is 18.2 Å². The molecule has 13 heteroatoms. The van der Waals surface area contributed by atoms with E-state index in [0.717, 1.165) is 16.0 Å². The van der Waals surface area contributed by atoms with Gasteiger partial charge >= 0.3 is 0 Å². The van der Waals surface area contributed by atoms with Gasteiger partial charge in [0.15, 0.2) is 21.2 Å². The van der Waals surface area contributed by atoms with Crippen LogP contribution >= 0.6 is 23.2 Å². The maximum atomic E-state index is 14.4. The first-order chi connectivity index (χ1) is 25.8. The van der Waals surface area contributed by atoms with E-state index in [1.807, 2.05) is 48.6 Å². The third-order valence-electron chi connectivity index (χ3n) is 11.1. The number of amides is 4. The fourth-order valence-electron chi connectivity index (χ4n) is 8.35. The minimum atomic E-state index is -1.92. The van der Waals surface area contributed by atoms with Crippen molar-refractivity contribution in [1.29, 1.82) is 0 Å². The second-order valence-electron chi connectivity index (χ2n) is 13.7.